The zero-order chi connectivity index (χ0) is 15.2. The van der Waals surface area contributed by atoms with E-state index in [-0.39, 0.29) is 18.9 Å². The van der Waals surface area contributed by atoms with Crippen LogP contribution < -0.4 is 5.32 Å². The van der Waals surface area contributed by atoms with Gasteiger partial charge in [0.1, 0.15) is 18.1 Å². The van der Waals surface area contributed by atoms with Crippen molar-refractivity contribution in [3.05, 3.63) is 46.6 Å². The molecular formula is C15H14BrNO4. The van der Waals surface area contributed by atoms with Crippen LogP contribution in [-0.2, 0) is 16.0 Å². The average Bonchev–Trinajstić information content (AvgIpc) is 2.92. The van der Waals surface area contributed by atoms with Crippen molar-refractivity contribution in [2.24, 2.45) is 0 Å². The minimum absolute atomic E-state index is 0.195. The van der Waals surface area contributed by atoms with Crippen LogP contribution in [0.15, 0.2) is 45.3 Å². The van der Waals surface area contributed by atoms with E-state index in [0.29, 0.717) is 12.2 Å². The van der Waals surface area contributed by atoms with Crippen LogP contribution in [0.4, 0.5) is 0 Å². The van der Waals surface area contributed by atoms with E-state index in [1.54, 1.807) is 0 Å². The van der Waals surface area contributed by atoms with E-state index in [1.165, 1.54) is 0 Å². The number of amides is 1. The minimum atomic E-state index is -1.06. The highest BCUT2D eigenvalue weighted by molar-refractivity contribution is 9.10. The van der Waals surface area contributed by atoms with Crippen LogP contribution in [-0.4, -0.2) is 23.5 Å². The third kappa shape index (κ3) is 4.75. The van der Waals surface area contributed by atoms with Crippen LogP contribution >= 0.6 is 15.9 Å². The van der Waals surface area contributed by atoms with E-state index in [1.807, 2.05) is 36.4 Å². The van der Waals surface area contributed by atoms with Crippen molar-refractivity contribution in [2.45, 2.75) is 12.8 Å². The van der Waals surface area contributed by atoms with Gasteiger partial charge >= 0.3 is 5.97 Å². The third-order valence-electron chi connectivity index (χ3n) is 2.83. The van der Waals surface area contributed by atoms with Gasteiger partial charge in [0.05, 0.1) is 0 Å². The van der Waals surface area contributed by atoms with Crippen LogP contribution in [0.5, 0.6) is 0 Å². The molecule has 0 bridgehead atoms. The molecule has 0 aliphatic carbocycles. The van der Waals surface area contributed by atoms with Gasteiger partial charge in [0, 0.05) is 22.9 Å². The summed E-state index contributed by atoms with van der Waals surface area (Å²) >= 11 is 3.37. The van der Waals surface area contributed by atoms with Gasteiger partial charge in [-0.1, -0.05) is 28.1 Å². The summed E-state index contributed by atoms with van der Waals surface area (Å²) in [6.45, 7) is -0.360. The molecule has 0 fully saturated rings. The van der Waals surface area contributed by atoms with Gasteiger partial charge in [0.15, 0.2) is 0 Å². The summed E-state index contributed by atoms with van der Waals surface area (Å²) < 4.78 is 6.67. The third-order valence-corrected chi connectivity index (χ3v) is 3.35. The molecule has 1 aromatic heterocycles. The lowest BCUT2D eigenvalue weighted by Gasteiger charge is -2.01. The molecule has 21 heavy (non-hydrogen) atoms. The highest BCUT2D eigenvalue weighted by Gasteiger charge is 2.08. The van der Waals surface area contributed by atoms with E-state index in [4.69, 9.17) is 9.52 Å². The Morgan fingerprint density at radius 1 is 1.14 bits per heavy atom. The molecule has 0 atom stereocenters. The number of carbonyl (C=O) groups is 2. The molecular weight excluding hydrogens is 338 g/mol. The van der Waals surface area contributed by atoms with E-state index >= 15 is 0 Å². The molecule has 110 valence electrons. The number of aryl methyl sites for hydroxylation is 1. The lowest BCUT2D eigenvalue weighted by atomic mass is 10.2. The normalized spacial score (nSPS) is 10.3. The van der Waals surface area contributed by atoms with Gasteiger partial charge in [-0.25, -0.2) is 0 Å². The van der Waals surface area contributed by atoms with E-state index in [9.17, 15) is 9.59 Å². The van der Waals surface area contributed by atoms with Crippen LogP contribution in [0, 0.1) is 0 Å². The highest BCUT2D eigenvalue weighted by atomic mass is 79.9. The Hall–Kier alpha value is -2.08. The second kappa shape index (κ2) is 7.08. The monoisotopic (exact) mass is 351 g/mol. The predicted octanol–water partition coefficient (Wildman–Crippen LogP) is 2.84. The van der Waals surface area contributed by atoms with Crippen molar-refractivity contribution in [1.29, 1.82) is 0 Å². The van der Waals surface area contributed by atoms with Gasteiger partial charge in [-0.15, -0.1) is 0 Å². The molecule has 2 N–H and O–H groups in total. The molecule has 0 radical (unpaired) electrons. The minimum Gasteiger partial charge on any atom is -0.480 e. The Morgan fingerprint density at radius 2 is 1.86 bits per heavy atom. The van der Waals surface area contributed by atoms with Gasteiger partial charge in [0.25, 0.3) is 0 Å². The molecule has 0 saturated carbocycles. The first-order valence-electron chi connectivity index (χ1n) is 6.38. The van der Waals surface area contributed by atoms with Gasteiger partial charge in [0.2, 0.25) is 5.91 Å². The Labute approximate surface area is 130 Å². The molecule has 0 saturated heterocycles. The first-order valence-corrected chi connectivity index (χ1v) is 7.17. The number of carbonyl (C=O) groups excluding carboxylic acids is 1. The largest absolute Gasteiger partial charge is 0.480 e. The number of furan rings is 1. The summed E-state index contributed by atoms with van der Waals surface area (Å²) in [6, 6.07) is 11.4. The van der Waals surface area contributed by atoms with Gasteiger partial charge in [-0.3, -0.25) is 9.59 Å². The Balaban J connectivity index is 1.90. The number of aliphatic carboxylic acids is 1. The van der Waals surface area contributed by atoms with E-state index in [2.05, 4.69) is 21.2 Å². The molecule has 2 aromatic rings. The van der Waals surface area contributed by atoms with Crippen molar-refractivity contribution in [3.63, 3.8) is 0 Å². The SMILES string of the molecule is O=C(O)CNC(=O)CCc1ccc(-c2ccc(Br)cc2)o1. The smallest absolute Gasteiger partial charge is 0.322 e. The first-order chi connectivity index (χ1) is 10.0. The maximum absolute atomic E-state index is 11.4. The summed E-state index contributed by atoms with van der Waals surface area (Å²) in [5.74, 6) is 0.0692. The summed E-state index contributed by atoms with van der Waals surface area (Å²) in [6.07, 6.45) is 0.628. The number of rotatable bonds is 6. The molecule has 0 unspecified atom stereocenters. The molecule has 6 heteroatoms. The molecule has 1 heterocycles. The standard InChI is InChI=1S/C15H14BrNO4/c16-11-3-1-10(2-4-11)13-7-5-12(21-13)6-8-14(18)17-9-15(19)20/h1-5,7H,6,8-9H2,(H,17,18)(H,19,20). The molecule has 0 aliphatic rings. The fourth-order valence-corrected chi connectivity index (χ4v) is 2.05. The van der Waals surface area contributed by atoms with E-state index in [0.717, 1.165) is 15.8 Å². The zero-order valence-corrected chi connectivity index (χ0v) is 12.7. The van der Waals surface area contributed by atoms with Crippen LogP contribution in [0.1, 0.15) is 12.2 Å². The number of benzene rings is 1. The molecule has 2 rings (SSSR count). The summed E-state index contributed by atoms with van der Waals surface area (Å²) in [5, 5.41) is 10.8. The van der Waals surface area contributed by atoms with Crippen molar-refractivity contribution >= 4 is 27.8 Å². The average molecular weight is 352 g/mol. The number of halogens is 1. The number of hydrogen-bond acceptors (Lipinski definition) is 3. The van der Waals surface area contributed by atoms with Gasteiger partial charge in [-0.05, 0) is 24.3 Å². The number of nitrogens with one attached hydrogen (secondary N) is 1. The lowest BCUT2D eigenvalue weighted by molar-refractivity contribution is -0.137. The Bertz CT molecular complexity index is 633. The second-order valence-electron chi connectivity index (χ2n) is 4.44. The molecule has 0 aliphatic heterocycles. The summed E-state index contributed by atoms with van der Waals surface area (Å²) in [4.78, 5) is 21.7. The highest BCUT2D eigenvalue weighted by Crippen LogP contribution is 2.24. The van der Waals surface area contributed by atoms with Crippen LogP contribution in [0.25, 0.3) is 11.3 Å². The van der Waals surface area contributed by atoms with Crippen molar-refractivity contribution in [2.75, 3.05) is 6.54 Å². The fraction of sp³-hybridized carbons (Fsp3) is 0.200. The van der Waals surface area contributed by atoms with Crippen molar-refractivity contribution < 1.29 is 19.1 Å². The number of carboxylic acid groups (broad SMARTS) is 1. The quantitative estimate of drug-likeness (QED) is 0.838. The van der Waals surface area contributed by atoms with Crippen LogP contribution in [0.2, 0.25) is 0 Å². The molecule has 5 nitrogen and oxygen atoms in total. The number of hydrogen-bond donors (Lipinski definition) is 2. The predicted molar refractivity (Wildman–Crippen MR) is 80.8 cm³/mol. The summed E-state index contributed by atoms with van der Waals surface area (Å²) in [7, 11) is 0. The summed E-state index contributed by atoms with van der Waals surface area (Å²) in [5.41, 5.74) is 0.958. The second-order valence-corrected chi connectivity index (χ2v) is 5.36. The van der Waals surface area contributed by atoms with Crippen LogP contribution in [0.3, 0.4) is 0 Å². The van der Waals surface area contributed by atoms with Crippen molar-refractivity contribution in [3.8, 4) is 11.3 Å². The zero-order valence-electron chi connectivity index (χ0n) is 11.1. The topological polar surface area (TPSA) is 79.5 Å². The maximum atomic E-state index is 11.4. The first kappa shape index (κ1) is 15.3. The van der Waals surface area contributed by atoms with Crippen molar-refractivity contribution in [1.82, 2.24) is 5.32 Å². The van der Waals surface area contributed by atoms with E-state index < -0.39 is 5.97 Å². The Kier molecular flexibility index (Phi) is 5.16. The molecule has 1 aromatic carbocycles. The van der Waals surface area contributed by atoms with Gasteiger partial charge in [-0.2, -0.15) is 0 Å². The van der Waals surface area contributed by atoms with Gasteiger partial charge < -0.3 is 14.8 Å². The number of carboxylic acids is 1. The Morgan fingerprint density at radius 3 is 2.52 bits per heavy atom. The fourth-order valence-electron chi connectivity index (χ4n) is 1.78. The lowest BCUT2D eigenvalue weighted by Crippen LogP contribution is -2.29. The molecule has 1 amide bonds. The maximum Gasteiger partial charge on any atom is 0.322 e. The molecule has 0 spiro atoms.